The van der Waals surface area contributed by atoms with Gasteiger partial charge in [0.15, 0.2) is 0 Å². The largest absolute Gasteiger partial charge is 0.462 e. The number of ether oxygens (including phenoxy) is 2. The predicted molar refractivity (Wildman–Crippen MR) is 106 cm³/mol. The molecule has 2 rings (SSSR count). The number of hydrogen-bond donors (Lipinski definition) is 0. The molecule has 0 saturated heterocycles. The first kappa shape index (κ1) is 21.3. The van der Waals surface area contributed by atoms with Crippen molar-refractivity contribution in [2.24, 2.45) is 0 Å². The van der Waals surface area contributed by atoms with Gasteiger partial charge in [0.2, 0.25) is 0 Å². The fraction of sp³-hybridized carbons (Fsp3) is 0.333. The normalized spacial score (nSPS) is 12.9. The van der Waals surface area contributed by atoms with E-state index in [0.717, 1.165) is 11.1 Å². The maximum absolute atomic E-state index is 11.9. The van der Waals surface area contributed by atoms with Crippen LogP contribution in [-0.2, 0) is 31.9 Å². The quantitative estimate of drug-likeness (QED) is 0.453. The van der Waals surface area contributed by atoms with Crippen LogP contribution in [0, 0.1) is 0 Å². The molecule has 2 unspecified atom stereocenters. The summed E-state index contributed by atoms with van der Waals surface area (Å²) in [5, 5.41) is 1.30. The molecule has 6 heteroatoms. The summed E-state index contributed by atoms with van der Waals surface area (Å²) in [5.41, 5.74) is 2.00. The fourth-order valence-electron chi connectivity index (χ4n) is 2.64. The van der Waals surface area contributed by atoms with E-state index in [9.17, 15) is 9.59 Å². The molecule has 0 amide bonds. The second-order valence-corrected chi connectivity index (χ2v) is 7.31. The molecule has 0 aliphatic heterocycles. The number of benzene rings is 2. The average Bonchev–Trinajstić information content (AvgIpc) is 2.58. The highest BCUT2D eigenvalue weighted by Crippen LogP contribution is 2.14. The third kappa shape index (κ3) is 8.02. The molecular formula is C21H22Cl2O4. The van der Waals surface area contributed by atoms with Crippen molar-refractivity contribution in [2.45, 2.75) is 45.3 Å². The van der Waals surface area contributed by atoms with Gasteiger partial charge in [0.1, 0.15) is 18.6 Å². The second-order valence-electron chi connectivity index (χ2n) is 6.44. The molecular weight excluding hydrogens is 387 g/mol. The Labute approximate surface area is 169 Å². The van der Waals surface area contributed by atoms with Gasteiger partial charge in [-0.05, 0) is 49.2 Å². The van der Waals surface area contributed by atoms with Crippen LogP contribution in [0.1, 0.15) is 31.4 Å². The van der Waals surface area contributed by atoms with Crippen molar-refractivity contribution >= 4 is 35.1 Å². The van der Waals surface area contributed by atoms with Crippen LogP contribution in [-0.4, -0.2) is 24.1 Å². The van der Waals surface area contributed by atoms with Crippen LogP contribution in [0.2, 0.25) is 10.0 Å². The summed E-state index contributed by atoms with van der Waals surface area (Å²) in [6, 6.07) is 14.6. The summed E-state index contributed by atoms with van der Waals surface area (Å²) in [7, 11) is 0. The molecule has 0 heterocycles. The highest BCUT2D eigenvalue weighted by atomic mass is 35.5. The maximum atomic E-state index is 11.9. The topological polar surface area (TPSA) is 52.6 Å². The van der Waals surface area contributed by atoms with Gasteiger partial charge in [0.05, 0.1) is 0 Å². The third-order valence-corrected chi connectivity index (χ3v) is 4.33. The smallest absolute Gasteiger partial charge is 0.317 e. The van der Waals surface area contributed by atoms with Crippen molar-refractivity contribution in [1.82, 2.24) is 0 Å². The van der Waals surface area contributed by atoms with Crippen molar-refractivity contribution in [3.63, 3.8) is 0 Å². The van der Waals surface area contributed by atoms with Crippen LogP contribution in [0.3, 0.4) is 0 Å². The Hall–Kier alpha value is -2.04. The van der Waals surface area contributed by atoms with Crippen LogP contribution < -0.4 is 0 Å². The molecule has 0 radical (unpaired) electrons. The number of hydrogen-bond acceptors (Lipinski definition) is 4. The zero-order valence-corrected chi connectivity index (χ0v) is 16.8. The van der Waals surface area contributed by atoms with E-state index in [1.807, 2.05) is 24.3 Å². The van der Waals surface area contributed by atoms with E-state index in [-0.39, 0.29) is 12.2 Å². The minimum absolute atomic E-state index is 0.349. The van der Waals surface area contributed by atoms with Crippen LogP contribution in [0.5, 0.6) is 0 Å². The number of rotatable bonds is 8. The molecule has 0 spiro atoms. The van der Waals surface area contributed by atoms with Crippen molar-refractivity contribution in [1.29, 1.82) is 0 Å². The minimum atomic E-state index is -0.597. The third-order valence-electron chi connectivity index (χ3n) is 3.83. The molecule has 2 atom stereocenters. The minimum Gasteiger partial charge on any atom is -0.462 e. The van der Waals surface area contributed by atoms with Gasteiger partial charge in [0, 0.05) is 22.9 Å². The molecule has 0 aromatic heterocycles. The van der Waals surface area contributed by atoms with E-state index >= 15 is 0 Å². The molecule has 0 bridgehead atoms. The zero-order chi connectivity index (χ0) is 19.8. The fourth-order valence-corrected chi connectivity index (χ4v) is 2.89. The van der Waals surface area contributed by atoms with Gasteiger partial charge >= 0.3 is 11.9 Å². The lowest BCUT2D eigenvalue weighted by molar-refractivity contribution is -0.159. The van der Waals surface area contributed by atoms with Crippen LogP contribution in [0.4, 0.5) is 0 Å². The van der Waals surface area contributed by atoms with E-state index in [0.29, 0.717) is 22.9 Å². The monoisotopic (exact) mass is 408 g/mol. The molecule has 0 N–H and O–H groups in total. The lowest BCUT2D eigenvalue weighted by Crippen LogP contribution is -2.23. The summed E-state index contributed by atoms with van der Waals surface area (Å²) in [6.07, 6.45) is -0.0119. The lowest BCUT2D eigenvalue weighted by Gasteiger charge is -2.15. The lowest BCUT2D eigenvalue weighted by atomic mass is 10.1. The summed E-state index contributed by atoms with van der Waals surface area (Å²) in [4.78, 5) is 23.9. The van der Waals surface area contributed by atoms with Gasteiger partial charge in [-0.1, -0.05) is 47.5 Å². The Balaban J connectivity index is 1.73. The van der Waals surface area contributed by atoms with Crippen molar-refractivity contribution < 1.29 is 19.1 Å². The summed E-state index contributed by atoms with van der Waals surface area (Å²) < 4.78 is 10.6. The van der Waals surface area contributed by atoms with E-state index in [4.69, 9.17) is 32.7 Å². The van der Waals surface area contributed by atoms with Crippen molar-refractivity contribution in [2.75, 3.05) is 0 Å². The van der Waals surface area contributed by atoms with Crippen LogP contribution in [0.15, 0.2) is 48.5 Å². The molecule has 0 aliphatic rings. The summed E-state index contributed by atoms with van der Waals surface area (Å²) >= 11 is 11.7. The van der Waals surface area contributed by atoms with E-state index < -0.39 is 18.4 Å². The average molecular weight is 409 g/mol. The first-order valence-corrected chi connectivity index (χ1v) is 9.45. The van der Waals surface area contributed by atoms with Crippen LogP contribution >= 0.6 is 23.2 Å². The van der Waals surface area contributed by atoms with Crippen molar-refractivity contribution in [3.05, 3.63) is 69.7 Å². The van der Waals surface area contributed by atoms with Gasteiger partial charge in [-0.2, -0.15) is 0 Å². The second kappa shape index (κ2) is 10.3. The van der Waals surface area contributed by atoms with E-state index in [2.05, 4.69) is 0 Å². The van der Waals surface area contributed by atoms with Gasteiger partial charge in [-0.3, -0.25) is 9.59 Å². The first-order valence-electron chi connectivity index (χ1n) is 8.69. The molecule has 0 fully saturated rings. The first-order chi connectivity index (χ1) is 12.8. The summed E-state index contributed by atoms with van der Waals surface area (Å²) in [6.45, 7) is 3.56. The molecule has 27 heavy (non-hydrogen) atoms. The predicted octanol–water partition coefficient (Wildman–Crippen LogP) is 5.03. The molecule has 0 aliphatic carbocycles. The Morgan fingerprint density at radius 3 is 1.41 bits per heavy atom. The van der Waals surface area contributed by atoms with Crippen LogP contribution in [0.25, 0.3) is 0 Å². The van der Waals surface area contributed by atoms with E-state index in [1.54, 1.807) is 38.1 Å². The van der Waals surface area contributed by atoms with Gasteiger partial charge < -0.3 is 9.47 Å². The molecule has 0 saturated carbocycles. The van der Waals surface area contributed by atoms with Gasteiger partial charge in [-0.25, -0.2) is 0 Å². The van der Waals surface area contributed by atoms with Gasteiger partial charge in [-0.15, -0.1) is 0 Å². The summed E-state index contributed by atoms with van der Waals surface area (Å²) in [5.74, 6) is -1.19. The highest BCUT2D eigenvalue weighted by Gasteiger charge is 2.18. The standard InChI is InChI=1S/C21H22Cl2O4/c1-14(11-16-3-7-18(22)8-4-16)26-20(24)13-21(25)27-15(2)12-17-5-9-19(23)10-6-17/h3-10,14-15H,11-13H2,1-2H3. The Bertz CT molecular complexity index is 691. The molecule has 144 valence electrons. The highest BCUT2D eigenvalue weighted by molar-refractivity contribution is 6.30. The van der Waals surface area contributed by atoms with E-state index in [1.165, 1.54) is 0 Å². The Kier molecular flexibility index (Phi) is 8.14. The number of carbonyl (C=O) groups is 2. The molecule has 2 aromatic carbocycles. The number of esters is 2. The number of halogens is 2. The zero-order valence-electron chi connectivity index (χ0n) is 15.3. The maximum Gasteiger partial charge on any atom is 0.317 e. The molecule has 4 nitrogen and oxygen atoms in total. The molecule has 2 aromatic rings. The van der Waals surface area contributed by atoms with Gasteiger partial charge in [0.25, 0.3) is 0 Å². The Morgan fingerprint density at radius 2 is 1.07 bits per heavy atom. The Morgan fingerprint density at radius 1 is 0.741 bits per heavy atom. The number of carbonyl (C=O) groups excluding carboxylic acids is 2. The van der Waals surface area contributed by atoms with Crippen molar-refractivity contribution in [3.8, 4) is 0 Å². The SMILES string of the molecule is CC(Cc1ccc(Cl)cc1)OC(=O)CC(=O)OC(C)Cc1ccc(Cl)cc1.